The third kappa shape index (κ3) is 5.59. The monoisotopic (exact) mass is 620 g/mol. The second-order valence-corrected chi connectivity index (χ2v) is 11.9. The zero-order valence-corrected chi connectivity index (χ0v) is 26.2. The third-order valence-electron chi connectivity index (χ3n) is 9.76. The summed E-state index contributed by atoms with van der Waals surface area (Å²) in [5.74, 6) is -0.227. The van der Waals surface area contributed by atoms with Crippen LogP contribution in [0.3, 0.4) is 0 Å². The summed E-state index contributed by atoms with van der Waals surface area (Å²) < 4.78 is 33.1. The van der Waals surface area contributed by atoms with Crippen molar-refractivity contribution in [1.29, 1.82) is 0 Å². The van der Waals surface area contributed by atoms with Gasteiger partial charge in [-0.3, -0.25) is 9.69 Å². The number of methoxy groups -OCH3 is 5. The molecule has 2 fully saturated rings. The maximum absolute atomic E-state index is 13.4. The lowest BCUT2D eigenvalue weighted by atomic mass is 9.63. The molecule has 1 saturated carbocycles. The minimum Gasteiger partial charge on any atom is -0.504 e. The van der Waals surface area contributed by atoms with Crippen LogP contribution < -0.4 is 14.2 Å². The normalized spacial score (nSPS) is 26.1. The smallest absolute Gasteiger partial charge is 0.331 e. The quantitative estimate of drug-likeness (QED) is 0.278. The number of piperidine rings is 1. The first-order valence-corrected chi connectivity index (χ1v) is 15.2. The number of hydrogen-bond acceptors (Lipinski definition) is 10. The van der Waals surface area contributed by atoms with Gasteiger partial charge in [-0.2, -0.15) is 0 Å². The van der Waals surface area contributed by atoms with E-state index in [-0.39, 0.29) is 35.3 Å². The molecule has 1 aliphatic carbocycles. The van der Waals surface area contributed by atoms with Crippen LogP contribution in [0.25, 0.3) is 17.0 Å². The Morgan fingerprint density at radius 2 is 1.84 bits per heavy atom. The van der Waals surface area contributed by atoms with Gasteiger partial charge in [-0.05, 0) is 72.6 Å². The Labute approximate surface area is 262 Å². The number of H-pyrrole nitrogens is 1. The largest absolute Gasteiger partial charge is 0.504 e. The molecule has 0 amide bonds. The zero-order valence-electron chi connectivity index (χ0n) is 26.2. The Hall–Kier alpha value is -4.22. The van der Waals surface area contributed by atoms with Crippen molar-refractivity contribution < 1.29 is 43.1 Å². The van der Waals surface area contributed by atoms with Gasteiger partial charge < -0.3 is 38.5 Å². The molecule has 2 aromatic carbocycles. The molecule has 240 valence electrons. The summed E-state index contributed by atoms with van der Waals surface area (Å²) in [7, 11) is 7.50. The summed E-state index contributed by atoms with van der Waals surface area (Å²) in [6.07, 6.45) is 3.75. The molecule has 45 heavy (non-hydrogen) atoms. The van der Waals surface area contributed by atoms with E-state index in [1.54, 1.807) is 20.3 Å². The van der Waals surface area contributed by atoms with Crippen molar-refractivity contribution in [1.82, 2.24) is 9.88 Å². The molecular formula is C34H40N2O9. The van der Waals surface area contributed by atoms with Crippen LogP contribution in [0, 0.1) is 17.8 Å². The van der Waals surface area contributed by atoms with E-state index in [1.165, 1.54) is 56.2 Å². The van der Waals surface area contributed by atoms with Crippen LogP contribution in [0.4, 0.5) is 0 Å². The van der Waals surface area contributed by atoms with Crippen LogP contribution in [-0.4, -0.2) is 87.8 Å². The number of carbonyl (C=O) groups is 2. The number of phenolic OH excluding ortho intramolecular Hbond substituents is 1. The number of hydrogen-bond donors (Lipinski definition) is 2. The minimum atomic E-state index is -0.664. The number of aromatic hydroxyl groups is 1. The van der Waals surface area contributed by atoms with Crippen molar-refractivity contribution >= 4 is 28.9 Å². The topological polar surface area (TPSA) is 129 Å². The van der Waals surface area contributed by atoms with E-state index in [4.69, 9.17) is 28.4 Å². The fourth-order valence-electron chi connectivity index (χ4n) is 7.77. The summed E-state index contributed by atoms with van der Waals surface area (Å²) in [6, 6.07) is 9.37. The molecule has 6 rings (SSSR count). The van der Waals surface area contributed by atoms with Crippen LogP contribution >= 0.6 is 0 Å². The minimum absolute atomic E-state index is 0.0178. The number of ether oxygens (including phenoxy) is 6. The fourth-order valence-corrected chi connectivity index (χ4v) is 7.77. The molecule has 11 nitrogen and oxygen atoms in total. The van der Waals surface area contributed by atoms with Crippen molar-refractivity contribution in [3.05, 3.63) is 53.2 Å². The van der Waals surface area contributed by atoms with Gasteiger partial charge in [0.2, 0.25) is 5.75 Å². The van der Waals surface area contributed by atoms with Crippen molar-refractivity contribution in [3.63, 3.8) is 0 Å². The maximum Gasteiger partial charge on any atom is 0.331 e. The van der Waals surface area contributed by atoms with Crippen LogP contribution in [-0.2, 0) is 30.2 Å². The van der Waals surface area contributed by atoms with Gasteiger partial charge in [0, 0.05) is 48.9 Å². The SMILES string of the molecule is COC(=O)C1C2CC3c4[nH]c5cc(OC)ccc5c4CCN3CC2CC(OC(=O)/C=C/c2cc(O)c(OC)c(OC)c2)C1OC. The van der Waals surface area contributed by atoms with Crippen molar-refractivity contribution in [2.24, 2.45) is 17.8 Å². The van der Waals surface area contributed by atoms with Gasteiger partial charge in [-0.15, -0.1) is 0 Å². The van der Waals surface area contributed by atoms with Crippen LogP contribution in [0.1, 0.15) is 35.7 Å². The highest BCUT2D eigenvalue weighted by molar-refractivity contribution is 5.88. The Morgan fingerprint density at radius 1 is 1.02 bits per heavy atom. The van der Waals surface area contributed by atoms with Gasteiger partial charge in [0.1, 0.15) is 18.0 Å². The Bertz CT molecular complexity index is 1610. The van der Waals surface area contributed by atoms with Crippen LogP contribution in [0.2, 0.25) is 0 Å². The van der Waals surface area contributed by atoms with Crippen molar-refractivity contribution in [3.8, 4) is 23.0 Å². The van der Waals surface area contributed by atoms with E-state index in [1.807, 2.05) is 12.1 Å². The number of benzene rings is 2. The fraction of sp³-hybridized carbons (Fsp3) is 0.471. The van der Waals surface area contributed by atoms with Gasteiger partial charge in [0.05, 0.1) is 40.4 Å². The van der Waals surface area contributed by atoms with Gasteiger partial charge >= 0.3 is 11.9 Å². The van der Waals surface area contributed by atoms with Crippen LogP contribution in [0.15, 0.2) is 36.4 Å². The summed E-state index contributed by atoms with van der Waals surface area (Å²) in [6.45, 7) is 1.67. The number of aromatic amines is 1. The predicted octanol–water partition coefficient (Wildman–Crippen LogP) is 4.27. The predicted molar refractivity (Wildman–Crippen MR) is 166 cm³/mol. The van der Waals surface area contributed by atoms with Gasteiger partial charge in [-0.25, -0.2) is 4.79 Å². The lowest BCUT2D eigenvalue weighted by Crippen LogP contribution is -2.58. The third-order valence-corrected chi connectivity index (χ3v) is 9.76. The standard InChI is InChI=1S/C34H40N2O9/c1-40-20-7-8-21-22-10-11-36-17-19-14-28(45-29(38)9-6-18-12-26(37)32(42-3)27(13-18)41-2)33(43-4)30(34(39)44-5)23(19)16-25(36)31(22)35-24(21)15-20/h6-9,12-13,15,19,23,25,28,30,33,35,37H,10-11,14,16-17H2,1-5H3/b9-6+. The average Bonchev–Trinajstić information content (AvgIpc) is 3.43. The molecular weight excluding hydrogens is 580 g/mol. The molecule has 11 heteroatoms. The highest BCUT2D eigenvalue weighted by Gasteiger charge is 2.54. The molecule has 2 aliphatic heterocycles. The summed E-state index contributed by atoms with van der Waals surface area (Å²) in [5.41, 5.74) is 4.09. The molecule has 3 aliphatic rings. The highest BCUT2D eigenvalue weighted by Crippen LogP contribution is 2.50. The molecule has 1 saturated heterocycles. The number of nitrogens with one attached hydrogen (secondary N) is 1. The lowest BCUT2D eigenvalue weighted by molar-refractivity contribution is -0.187. The number of aromatic nitrogens is 1. The Morgan fingerprint density at radius 3 is 2.56 bits per heavy atom. The van der Waals surface area contributed by atoms with E-state index in [0.717, 1.165) is 37.2 Å². The van der Waals surface area contributed by atoms with Crippen LogP contribution in [0.5, 0.6) is 23.0 Å². The summed E-state index contributed by atoms with van der Waals surface area (Å²) in [5, 5.41) is 11.5. The lowest BCUT2D eigenvalue weighted by Gasteiger charge is -2.52. The first-order valence-electron chi connectivity index (χ1n) is 15.2. The van der Waals surface area contributed by atoms with Gasteiger partial charge in [0.25, 0.3) is 0 Å². The van der Waals surface area contributed by atoms with E-state index < -0.39 is 24.1 Å². The molecule has 3 aromatic rings. The molecule has 6 unspecified atom stereocenters. The second-order valence-electron chi connectivity index (χ2n) is 11.9. The number of rotatable bonds is 8. The number of fused-ring (bicyclic) bond motifs is 6. The average molecular weight is 621 g/mol. The van der Waals surface area contributed by atoms with E-state index >= 15 is 0 Å². The number of phenols is 1. The molecule has 1 aromatic heterocycles. The van der Waals surface area contributed by atoms with E-state index in [2.05, 4.69) is 16.0 Å². The van der Waals surface area contributed by atoms with Gasteiger partial charge in [-0.1, -0.05) is 0 Å². The molecule has 6 atom stereocenters. The first kappa shape index (κ1) is 30.8. The molecule has 2 N–H and O–H groups in total. The van der Waals surface area contributed by atoms with Crippen molar-refractivity contribution in [2.75, 3.05) is 48.6 Å². The number of esters is 2. The zero-order chi connectivity index (χ0) is 31.8. The number of nitrogens with zero attached hydrogens (tertiary/aromatic N) is 1. The summed E-state index contributed by atoms with van der Waals surface area (Å²) >= 11 is 0. The van der Waals surface area contributed by atoms with E-state index in [9.17, 15) is 14.7 Å². The molecule has 3 heterocycles. The molecule has 0 radical (unpaired) electrons. The Balaban J connectivity index is 1.24. The van der Waals surface area contributed by atoms with Crippen molar-refractivity contribution in [2.45, 2.75) is 37.5 Å². The Kier molecular flexibility index (Phi) is 8.65. The maximum atomic E-state index is 13.4. The molecule has 0 spiro atoms. The highest BCUT2D eigenvalue weighted by atomic mass is 16.6. The van der Waals surface area contributed by atoms with Gasteiger partial charge in [0.15, 0.2) is 11.5 Å². The summed E-state index contributed by atoms with van der Waals surface area (Å²) in [4.78, 5) is 32.6. The second kappa shape index (κ2) is 12.6. The van der Waals surface area contributed by atoms with E-state index in [0.29, 0.717) is 17.7 Å². The first-order chi connectivity index (χ1) is 21.8. The number of carbonyl (C=O) groups excluding carboxylic acids is 2. The molecule has 0 bridgehead atoms.